The van der Waals surface area contributed by atoms with Crippen molar-refractivity contribution in [2.75, 3.05) is 5.73 Å². The van der Waals surface area contributed by atoms with Crippen LogP contribution in [0.25, 0.3) is 0 Å². The van der Waals surface area contributed by atoms with Gasteiger partial charge in [-0.2, -0.15) is 0 Å². The summed E-state index contributed by atoms with van der Waals surface area (Å²) in [7, 11) is 0. The number of imide groups is 1. The van der Waals surface area contributed by atoms with Crippen molar-refractivity contribution in [3.63, 3.8) is 0 Å². The van der Waals surface area contributed by atoms with Crippen molar-refractivity contribution in [1.29, 1.82) is 0 Å². The van der Waals surface area contributed by atoms with Gasteiger partial charge in [0.2, 0.25) is 0 Å². The summed E-state index contributed by atoms with van der Waals surface area (Å²) in [5.74, 6) is -1.59. The maximum atomic E-state index is 12.3. The first kappa shape index (κ1) is 12.5. The number of benzene rings is 1. The number of nitrogens with two attached hydrogens (primary N) is 1. The van der Waals surface area contributed by atoms with Crippen molar-refractivity contribution in [3.8, 4) is 0 Å². The van der Waals surface area contributed by atoms with Gasteiger partial charge in [0.25, 0.3) is 11.8 Å². The smallest absolute Gasteiger partial charge is 0.264 e. The van der Waals surface area contributed by atoms with Gasteiger partial charge in [-0.3, -0.25) is 24.1 Å². The van der Waals surface area contributed by atoms with Gasteiger partial charge in [-0.05, 0) is 18.6 Å². The molecule has 2 N–H and O–H groups in total. The van der Waals surface area contributed by atoms with Crippen LogP contribution in [-0.4, -0.2) is 34.3 Å². The molecule has 1 heterocycles. The van der Waals surface area contributed by atoms with Crippen molar-refractivity contribution >= 4 is 29.1 Å². The Bertz CT molecular complexity index is 665. The Morgan fingerprint density at radius 3 is 2.50 bits per heavy atom. The van der Waals surface area contributed by atoms with Gasteiger partial charge in [-0.15, -0.1) is 0 Å². The fraction of sp³-hybridized carbons (Fsp3) is 0.286. The van der Waals surface area contributed by atoms with E-state index in [2.05, 4.69) is 0 Å². The Labute approximate surface area is 114 Å². The van der Waals surface area contributed by atoms with Crippen LogP contribution in [0.3, 0.4) is 0 Å². The summed E-state index contributed by atoms with van der Waals surface area (Å²) in [4.78, 5) is 48.8. The molecule has 2 aliphatic rings. The van der Waals surface area contributed by atoms with E-state index in [4.69, 9.17) is 5.73 Å². The zero-order valence-electron chi connectivity index (χ0n) is 10.6. The van der Waals surface area contributed by atoms with Crippen LogP contribution in [0.2, 0.25) is 0 Å². The molecule has 20 heavy (non-hydrogen) atoms. The van der Waals surface area contributed by atoms with Crippen LogP contribution in [0.5, 0.6) is 0 Å². The predicted molar refractivity (Wildman–Crippen MR) is 69.0 cm³/mol. The molecule has 0 aromatic heterocycles. The molecule has 1 aliphatic carbocycles. The van der Waals surface area contributed by atoms with Crippen LogP contribution in [0.4, 0.5) is 5.69 Å². The topological polar surface area (TPSA) is 97.5 Å². The molecule has 1 fully saturated rings. The molecule has 6 nitrogen and oxygen atoms in total. The third kappa shape index (κ3) is 1.65. The Morgan fingerprint density at radius 1 is 1.10 bits per heavy atom. The largest absolute Gasteiger partial charge is 0.398 e. The molecule has 0 saturated heterocycles. The molecule has 0 bridgehead atoms. The Kier molecular flexibility index (Phi) is 2.67. The molecule has 2 amide bonds. The van der Waals surface area contributed by atoms with E-state index in [1.165, 1.54) is 6.07 Å². The van der Waals surface area contributed by atoms with E-state index in [0.717, 1.165) is 4.90 Å². The van der Waals surface area contributed by atoms with E-state index in [0.29, 0.717) is 0 Å². The maximum absolute atomic E-state index is 12.3. The molecular weight excluding hydrogens is 260 g/mol. The Morgan fingerprint density at radius 2 is 1.85 bits per heavy atom. The minimum absolute atomic E-state index is 0.151. The minimum atomic E-state index is -0.848. The molecule has 6 heteroatoms. The number of nitrogen functional groups attached to an aromatic ring is 1. The van der Waals surface area contributed by atoms with Crippen molar-refractivity contribution in [3.05, 3.63) is 29.3 Å². The van der Waals surface area contributed by atoms with Crippen molar-refractivity contribution in [2.45, 2.75) is 25.3 Å². The molecule has 1 unspecified atom stereocenters. The molecule has 0 radical (unpaired) electrons. The van der Waals surface area contributed by atoms with E-state index < -0.39 is 17.9 Å². The molecule has 1 atom stereocenters. The number of Topliss-reactive ketones (excluding diaryl/α,β-unsaturated/α-hetero) is 2. The molecule has 0 spiro atoms. The highest BCUT2D eigenvalue weighted by atomic mass is 16.2. The first-order valence-corrected chi connectivity index (χ1v) is 6.31. The SMILES string of the molecule is Nc1cccc2c1C(=O)N(C1CCC(=O)CC1=O)C2=O. The summed E-state index contributed by atoms with van der Waals surface area (Å²) < 4.78 is 0. The van der Waals surface area contributed by atoms with Crippen LogP contribution in [-0.2, 0) is 9.59 Å². The average Bonchev–Trinajstić information content (AvgIpc) is 2.64. The van der Waals surface area contributed by atoms with Crippen molar-refractivity contribution in [2.24, 2.45) is 0 Å². The first-order chi connectivity index (χ1) is 9.50. The number of ketones is 2. The predicted octanol–water partition coefficient (Wildman–Crippen LogP) is 0.556. The second-order valence-electron chi connectivity index (χ2n) is 4.99. The number of fused-ring (bicyclic) bond motifs is 1. The van der Waals surface area contributed by atoms with E-state index in [1.54, 1.807) is 12.1 Å². The summed E-state index contributed by atoms with van der Waals surface area (Å²) in [6.07, 6.45) is 0.190. The molecule has 3 rings (SSSR count). The molecule has 1 saturated carbocycles. The highest BCUT2D eigenvalue weighted by molar-refractivity contribution is 6.25. The van der Waals surface area contributed by atoms with Gasteiger partial charge in [0.1, 0.15) is 5.78 Å². The number of anilines is 1. The first-order valence-electron chi connectivity index (χ1n) is 6.31. The fourth-order valence-corrected chi connectivity index (χ4v) is 2.74. The summed E-state index contributed by atoms with van der Waals surface area (Å²) in [6.45, 7) is 0. The lowest BCUT2D eigenvalue weighted by Gasteiger charge is -2.27. The van der Waals surface area contributed by atoms with Gasteiger partial charge >= 0.3 is 0 Å². The Hall–Kier alpha value is -2.50. The Balaban J connectivity index is 2.00. The summed E-state index contributed by atoms with van der Waals surface area (Å²) in [5.41, 5.74) is 6.34. The average molecular weight is 272 g/mol. The van der Waals surface area contributed by atoms with Gasteiger partial charge < -0.3 is 5.73 Å². The van der Waals surface area contributed by atoms with Crippen LogP contribution in [0, 0.1) is 0 Å². The quantitative estimate of drug-likeness (QED) is 0.457. The van der Waals surface area contributed by atoms with Gasteiger partial charge in [0.05, 0.1) is 23.6 Å². The number of rotatable bonds is 1. The molecule has 102 valence electrons. The van der Waals surface area contributed by atoms with Crippen LogP contribution in [0.1, 0.15) is 40.0 Å². The monoisotopic (exact) mass is 272 g/mol. The summed E-state index contributed by atoms with van der Waals surface area (Å²) in [6, 6.07) is 3.80. The standard InChI is InChI=1S/C14H12N2O4/c15-9-3-1-2-8-12(9)14(20)16(13(8)19)10-5-4-7(17)6-11(10)18/h1-3,10H,4-6,15H2. The highest BCUT2D eigenvalue weighted by Gasteiger charge is 2.45. The lowest BCUT2D eigenvalue weighted by molar-refractivity contribution is -0.132. The van der Waals surface area contributed by atoms with E-state index in [1.807, 2.05) is 0 Å². The number of hydrogen-bond acceptors (Lipinski definition) is 5. The van der Waals surface area contributed by atoms with Crippen molar-refractivity contribution < 1.29 is 19.2 Å². The van der Waals surface area contributed by atoms with Gasteiger partial charge in [0.15, 0.2) is 5.78 Å². The molecular formula is C14H12N2O4. The zero-order valence-corrected chi connectivity index (χ0v) is 10.6. The molecule has 1 aromatic carbocycles. The molecule has 1 aliphatic heterocycles. The van der Waals surface area contributed by atoms with Crippen LogP contribution >= 0.6 is 0 Å². The number of carbonyl (C=O) groups is 4. The number of nitrogens with zero attached hydrogens (tertiary/aromatic N) is 1. The third-order valence-electron chi connectivity index (χ3n) is 3.73. The van der Waals surface area contributed by atoms with Gasteiger partial charge in [0, 0.05) is 12.1 Å². The van der Waals surface area contributed by atoms with Crippen LogP contribution < -0.4 is 5.73 Å². The fourth-order valence-electron chi connectivity index (χ4n) is 2.74. The second kappa shape index (κ2) is 4.26. The van der Waals surface area contributed by atoms with E-state index in [-0.39, 0.29) is 47.6 Å². The maximum Gasteiger partial charge on any atom is 0.264 e. The number of hydrogen-bond donors (Lipinski definition) is 1. The van der Waals surface area contributed by atoms with Crippen molar-refractivity contribution in [1.82, 2.24) is 4.90 Å². The summed E-state index contributed by atoms with van der Waals surface area (Å²) >= 11 is 0. The zero-order chi connectivity index (χ0) is 14.4. The normalized spacial score (nSPS) is 22.4. The van der Waals surface area contributed by atoms with Gasteiger partial charge in [-0.25, -0.2) is 0 Å². The lowest BCUT2D eigenvalue weighted by atomic mass is 9.92. The number of carbonyl (C=O) groups excluding carboxylic acids is 4. The van der Waals surface area contributed by atoms with E-state index in [9.17, 15) is 19.2 Å². The highest BCUT2D eigenvalue weighted by Crippen LogP contribution is 2.31. The minimum Gasteiger partial charge on any atom is -0.398 e. The summed E-state index contributed by atoms with van der Waals surface area (Å²) in [5, 5.41) is 0. The van der Waals surface area contributed by atoms with Crippen LogP contribution in [0.15, 0.2) is 18.2 Å². The van der Waals surface area contributed by atoms with Gasteiger partial charge in [-0.1, -0.05) is 6.07 Å². The lowest BCUT2D eigenvalue weighted by Crippen LogP contribution is -2.47. The third-order valence-corrected chi connectivity index (χ3v) is 3.73. The number of amides is 2. The molecule has 1 aromatic rings. The van der Waals surface area contributed by atoms with E-state index >= 15 is 0 Å². The second-order valence-corrected chi connectivity index (χ2v) is 4.99.